The third kappa shape index (κ3) is 4.74. The number of thioether (sulfide) groups is 1. The molecule has 0 aliphatic carbocycles. The third-order valence-electron chi connectivity index (χ3n) is 3.99. The number of aryl methyl sites for hydroxylation is 1. The molecule has 26 heavy (non-hydrogen) atoms. The average Bonchev–Trinajstić information content (AvgIpc) is 2.92. The molecule has 0 fully saturated rings. The number of aromatic amines is 1. The van der Waals surface area contributed by atoms with Crippen molar-refractivity contribution in [1.29, 1.82) is 0 Å². The number of hydrogen-bond acceptors (Lipinski definition) is 4. The predicted octanol–water partition coefficient (Wildman–Crippen LogP) is 5.44. The number of carbonyl (C=O) groups is 1. The van der Waals surface area contributed by atoms with Crippen LogP contribution in [0.15, 0.2) is 29.3 Å². The Morgan fingerprint density at radius 3 is 2.42 bits per heavy atom. The van der Waals surface area contributed by atoms with Crippen molar-refractivity contribution >= 4 is 29.5 Å². The lowest BCUT2D eigenvalue weighted by atomic mass is 10.1. The second-order valence-corrected chi connectivity index (χ2v) is 7.90. The standard InChI is InChI=1S/C19H26ClN3O2S/c1-11(2)23(12(3)4)19(24)25-16(14-8-7-9-15(20)10-14)17-21-13(5)18(22-17)26-6/h7-12,16H,1-6H3,(H,21,22). The minimum Gasteiger partial charge on any atom is -0.433 e. The molecule has 5 nitrogen and oxygen atoms in total. The largest absolute Gasteiger partial charge is 0.433 e. The Bertz CT molecular complexity index is 753. The lowest BCUT2D eigenvalue weighted by Gasteiger charge is -2.31. The van der Waals surface area contributed by atoms with Crippen molar-refractivity contribution in [3.63, 3.8) is 0 Å². The zero-order valence-electron chi connectivity index (χ0n) is 16.0. The van der Waals surface area contributed by atoms with Crippen LogP contribution >= 0.6 is 23.4 Å². The fourth-order valence-corrected chi connectivity index (χ4v) is 3.67. The summed E-state index contributed by atoms with van der Waals surface area (Å²) in [6.07, 6.45) is 0.938. The van der Waals surface area contributed by atoms with Crippen molar-refractivity contribution in [3.8, 4) is 0 Å². The molecule has 1 aromatic carbocycles. The number of nitrogens with one attached hydrogen (secondary N) is 1. The quantitative estimate of drug-likeness (QED) is 0.661. The van der Waals surface area contributed by atoms with Crippen LogP contribution < -0.4 is 0 Å². The van der Waals surface area contributed by atoms with Gasteiger partial charge < -0.3 is 14.6 Å². The maximum Gasteiger partial charge on any atom is 0.411 e. The van der Waals surface area contributed by atoms with Gasteiger partial charge in [0.2, 0.25) is 0 Å². The highest BCUT2D eigenvalue weighted by molar-refractivity contribution is 7.98. The number of nitrogens with zero attached hydrogens (tertiary/aromatic N) is 2. The Labute approximate surface area is 164 Å². The number of benzene rings is 1. The molecule has 1 unspecified atom stereocenters. The summed E-state index contributed by atoms with van der Waals surface area (Å²) >= 11 is 7.70. The molecule has 2 rings (SSSR count). The molecule has 0 radical (unpaired) electrons. The first kappa shape index (κ1) is 20.6. The van der Waals surface area contributed by atoms with Crippen LogP contribution in [0.3, 0.4) is 0 Å². The van der Waals surface area contributed by atoms with E-state index in [9.17, 15) is 4.79 Å². The molecule has 0 bridgehead atoms. The van der Waals surface area contributed by atoms with Gasteiger partial charge in [0.05, 0.1) is 0 Å². The van der Waals surface area contributed by atoms with Gasteiger partial charge in [-0.25, -0.2) is 9.78 Å². The van der Waals surface area contributed by atoms with E-state index >= 15 is 0 Å². The molecule has 1 heterocycles. The van der Waals surface area contributed by atoms with Crippen LogP contribution in [0.2, 0.25) is 5.02 Å². The summed E-state index contributed by atoms with van der Waals surface area (Å²) in [5, 5.41) is 1.47. The maximum atomic E-state index is 12.9. The molecule has 1 atom stereocenters. The first-order valence-electron chi connectivity index (χ1n) is 8.59. The van der Waals surface area contributed by atoms with Gasteiger partial charge in [-0.3, -0.25) is 0 Å². The van der Waals surface area contributed by atoms with Crippen molar-refractivity contribution in [2.24, 2.45) is 0 Å². The van der Waals surface area contributed by atoms with E-state index in [1.165, 1.54) is 0 Å². The molecular weight excluding hydrogens is 370 g/mol. The van der Waals surface area contributed by atoms with Gasteiger partial charge in [-0.05, 0) is 53.0 Å². The molecule has 7 heteroatoms. The van der Waals surface area contributed by atoms with Gasteiger partial charge in [-0.1, -0.05) is 23.7 Å². The fraction of sp³-hybridized carbons (Fsp3) is 0.474. The number of rotatable bonds is 6. The highest BCUT2D eigenvalue weighted by atomic mass is 35.5. The van der Waals surface area contributed by atoms with Crippen LogP contribution in [0.5, 0.6) is 0 Å². The van der Waals surface area contributed by atoms with Crippen LogP contribution in [-0.4, -0.2) is 39.3 Å². The minimum absolute atomic E-state index is 0.0302. The maximum absolute atomic E-state index is 12.9. The third-order valence-corrected chi connectivity index (χ3v) is 5.01. The Morgan fingerprint density at radius 2 is 1.92 bits per heavy atom. The Kier molecular flexibility index (Phi) is 7.01. The van der Waals surface area contributed by atoms with Crippen molar-refractivity contribution in [2.45, 2.75) is 57.8 Å². The molecule has 0 aliphatic rings. The van der Waals surface area contributed by atoms with Gasteiger partial charge in [0.25, 0.3) is 0 Å². The van der Waals surface area contributed by atoms with Crippen LogP contribution in [0.25, 0.3) is 0 Å². The van der Waals surface area contributed by atoms with E-state index < -0.39 is 6.10 Å². The molecule has 1 N–H and O–H groups in total. The van der Waals surface area contributed by atoms with Gasteiger partial charge in [-0.15, -0.1) is 11.8 Å². The van der Waals surface area contributed by atoms with Gasteiger partial charge in [-0.2, -0.15) is 0 Å². The molecular formula is C19H26ClN3O2S. The Morgan fingerprint density at radius 1 is 1.27 bits per heavy atom. The van der Waals surface area contributed by atoms with E-state index in [4.69, 9.17) is 16.3 Å². The summed E-state index contributed by atoms with van der Waals surface area (Å²) in [6, 6.07) is 7.37. The van der Waals surface area contributed by atoms with Gasteiger partial charge in [0, 0.05) is 28.4 Å². The molecule has 0 spiro atoms. The van der Waals surface area contributed by atoms with Crippen LogP contribution in [-0.2, 0) is 4.74 Å². The van der Waals surface area contributed by atoms with Crippen molar-refractivity contribution in [2.75, 3.05) is 6.26 Å². The highest BCUT2D eigenvalue weighted by Crippen LogP contribution is 2.30. The SMILES string of the molecule is CSc1nc(C(OC(=O)N(C(C)C)C(C)C)c2cccc(Cl)c2)[nH]c1C. The predicted molar refractivity (Wildman–Crippen MR) is 107 cm³/mol. The summed E-state index contributed by atoms with van der Waals surface area (Å²) < 4.78 is 5.90. The molecule has 1 aromatic heterocycles. The summed E-state index contributed by atoms with van der Waals surface area (Å²) in [5.74, 6) is 0.593. The van der Waals surface area contributed by atoms with Crippen molar-refractivity contribution in [3.05, 3.63) is 46.4 Å². The summed E-state index contributed by atoms with van der Waals surface area (Å²) in [7, 11) is 0. The number of ether oxygens (including phenoxy) is 1. The van der Waals surface area contributed by atoms with Crippen molar-refractivity contribution in [1.82, 2.24) is 14.9 Å². The van der Waals surface area contributed by atoms with E-state index in [1.807, 2.05) is 53.0 Å². The molecule has 0 saturated carbocycles. The number of H-pyrrole nitrogens is 1. The summed E-state index contributed by atoms with van der Waals surface area (Å²) in [5.41, 5.74) is 1.72. The number of aromatic nitrogens is 2. The lowest BCUT2D eigenvalue weighted by molar-refractivity contribution is 0.0552. The molecule has 0 aliphatic heterocycles. The number of halogens is 1. The first-order chi connectivity index (χ1) is 12.2. The first-order valence-corrected chi connectivity index (χ1v) is 10.2. The van der Waals surface area contributed by atoms with Crippen LogP contribution in [0, 0.1) is 6.92 Å². The molecule has 0 saturated heterocycles. The van der Waals surface area contributed by atoms with Gasteiger partial charge in [0.15, 0.2) is 11.9 Å². The average molecular weight is 396 g/mol. The topological polar surface area (TPSA) is 58.2 Å². The number of amides is 1. The zero-order chi connectivity index (χ0) is 19.4. The van der Waals surface area contributed by atoms with E-state index in [0.29, 0.717) is 10.8 Å². The highest BCUT2D eigenvalue weighted by Gasteiger charge is 2.28. The smallest absolute Gasteiger partial charge is 0.411 e. The van der Waals surface area contributed by atoms with Gasteiger partial charge >= 0.3 is 6.09 Å². The fourth-order valence-electron chi connectivity index (χ4n) is 2.92. The van der Waals surface area contributed by atoms with E-state index in [-0.39, 0.29) is 18.2 Å². The van der Waals surface area contributed by atoms with E-state index in [0.717, 1.165) is 16.3 Å². The van der Waals surface area contributed by atoms with Crippen molar-refractivity contribution < 1.29 is 9.53 Å². The second-order valence-electron chi connectivity index (χ2n) is 6.67. The number of imidazole rings is 1. The molecule has 1 amide bonds. The second kappa shape index (κ2) is 8.82. The monoisotopic (exact) mass is 395 g/mol. The Hall–Kier alpha value is -1.66. The Balaban J connectivity index is 2.42. The van der Waals surface area contributed by atoms with E-state index in [2.05, 4.69) is 9.97 Å². The zero-order valence-corrected chi connectivity index (χ0v) is 17.6. The molecule has 142 valence electrons. The van der Waals surface area contributed by atoms with E-state index in [1.54, 1.807) is 28.8 Å². The normalized spacial score (nSPS) is 12.5. The minimum atomic E-state index is -0.652. The molecule has 2 aromatic rings. The number of carbonyl (C=O) groups excluding carboxylic acids is 1. The summed E-state index contributed by atoms with van der Waals surface area (Å²) in [4.78, 5) is 22.4. The van der Waals surface area contributed by atoms with Gasteiger partial charge in [0.1, 0.15) is 5.03 Å². The van der Waals surface area contributed by atoms with Crippen LogP contribution in [0.1, 0.15) is 50.9 Å². The number of hydrogen-bond donors (Lipinski definition) is 1. The van der Waals surface area contributed by atoms with Crippen LogP contribution in [0.4, 0.5) is 4.79 Å². The lowest BCUT2D eigenvalue weighted by Crippen LogP contribution is -2.43. The summed E-state index contributed by atoms with van der Waals surface area (Å²) in [6.45, 7) is 9.84.